The first kappa shape index (κ1) is 10.7. The van der Waals surface area contributed by atoms with Gasteiger partial charge < -0.3 is 16.4 Å². The van der Waals surface area contributed by atoms with Gasteiger partial charge in [0.25, 0.3) is 0 Å². The van der Waals surface area contributed by atoms with Crippen molar-refractivity contribution in [1.82, 2.24) is 4.98 Å². The predicted molar refractivity (Wildman–Crippen MR) is 62.9 cm³/mol. The zero-order valence-electron chi connectivity index (χ0n) is 9.31. The molecule has 0 spiro atoms. The summed E-state index contributed by atoms with van der Waals surface area (Å²) < 4.78 is 0. The maximum absolute atomic E-state index is 11.1. The zero-order valence-corrected chi connectivity index (χ0v) is 9.31. The highest BCUT2D eigenvalue weighted by molar-refractivity contribution is 5.78. The van der Waals surface area contributed by atoms with Crippen LogP contribution in [0.2, 0.25) is 0 Å². The summed E-state index contributed by atoms with van der Waals surface area (Å²) in [6.07, 6.45) is 2.52. The van der Waals surface area contributed by atoms with E-state index in [1.165, 1.54) is 0 Å². The first-order chi connectivity index (χ1) is 7.59. The van der Waals surface area contributed by atoms with Crippen LogP contribution in [0.4, 0.5) is 11.5 Å². The Balaban J connectivity index is 2.21. The van der Waals surface area contributed by atoms with E-state index in [2.05, 4.69) is 4.98 Å². The number of nitrogens with zero attached hydrogens (tertiary/aromatic N) is 2. The topological polar surface area (TPSA) is 85.2 Å². The van der Waals surface area contributed by atoms with Crippen molar-refractivity contribution in [3.63, 3.8) is 0 Å². The minimum atomic E-state index is -0.242. The maximum atomic E-state index is 11.1. The van der Waals surface area contributed by atoms with Crippen LogP contribution in [-0.4, -0.2) is 24.0 Å². The molecule has 1 aliphatic heterocycles. The number of anilines is 2. The second kappa shape index (κ2) is 4.00. The third kappa shape index (κ3) is 1.80. The van der Waals surface area contributed by atoms with Crippen molar-refractivity contribution in [3.8, 4) is 0 Å². The summed E-state index contributed by atoms with van der Waals surface area (Å²) in [5, 5.41) is 0. The fourth-order valence-corrected chi connectivity index (χ4v) is 1.99. The molecule has 0 aliphatic carbocycles. The Morgan fingerprint density at radius 3 is 3.00 bits per heavy atom. The largest absolute Gasteiger partial charge is 0.396 e. The van der Waals surface area contributed by atoms with E-state index in [-0.39, 0.29) is 11.8 Å². The minimum Gasteiger partial charge on any atom is -0.396 e. The van der Waals surface area contributed by atoms with E-state index in [4.69, 9.17) is 11.5 Å². The maximum Gasteiger partial charge on any atom is 0.222 e. The zero-order chi connectivity index (χ0) is 11.7. The van der Waals surface area contributed by atoms with Gasteiger partial charge in [0, 0.05) is 19.3 Å². The molecule has 0 aromatic carbocycles. The Labute approximate surface area is 94.4 Å². The van der Waals surface area contributed by atoms with E-state index in [1.54, 1.807) is 6.20 Å². The number of nitrogens with two attached hydrogens (primary N) is 2. The molecule has 0 radical (unpaired) electrons. The van der Waals surface area contributed by atoms with Crippen LogP contribution >= 0.6 is 0 Å². The number of amides is 1. The molecule has 2 rings (SSSR count). The smallest absolute Gasteiger partial charge is 0.222 e. The molecule has 1 atom stereocenters. The molecule has 2 heterocycles. The first-order valence-corrected chi connectivity index (χ1v) is 5.35. The van der Waals surface area contributed by atoms with Crippen molar-refractivity contribution in [2.75, 3.05) is 23.7 Å². The summed E-state index contributed by atoms with van der Waals surface area (Å²) in [6, 6.07) is 1.88. The lowest BCUT2D eigenvalue weighted by atomic mass is 10.1. The second-order valence-corrected chi connectivity index (χ2v) is 4.20. The Morgan fingerprint density at radius 1 is 1.62 bits per heavy atom. The van der Waals surface area contributed by atoms with Crippen molar-refractivity contribution in [1.29, 1.82) is 0 Å². The number of hydrogen-bond acceptors (Lipinski definition) is 4. The molecule has 1 aliphatic rings. The number of nitrogen functional groups attached to an aromatic ring is 1. The SMILES string of the molecule is Cc1ccnc(N2CCC(C(N)=O)C2)c1N. The lowest BCUT2D eigenvalue weighted by Gasteiger charge is -2.19. The molecule has 1 fully saturated rings. The molecular weight excluding hydrogens is 204 g/mol. The van der Waals surface area contributed by atoms with Gasteiger partial charge in [0.1, 0.15) is 0 Å². The van der Waals surface area contributed by atoms with Gasteiger partial charge in [-0.3, -0.25) is 4.79 Å². The van der Waals surface area contributed by atoms with Crippen molar-refractivity contribution >= 4 is 17.4 Å². The fraction of sp³-hybridized carbons (Fsp3) is 0.455. The van der Waals surface area contributed by atoms with Crippen LogP contribution in [0, 0.1) is 12.8 Å². The summed E-state index contributed by atoms with van der Waals surface area (Å²) in [6.45, 7) is 3.35. The van der Waals surface area contributed by atoms with E-state index in [1.807, 2.05) is 17.9 Å². The molecule has 4 N–H and O–H groups in total. The lowest BCUT2D eigenvalue weighted by molar-refractivity contribution is -0.121. The number of aromatic nitrogens is 1. The number of primary amides is 1. The lowest BCUT2D eigenvalue weighted by Crippen LogP contribution is -2.28. The predicted octanol–water partition coefficient (Wildman–Crippen LogP) is 0.284. The molecule has 0 bridgehead atoms. The van der Waals surface area contributed by atoms with Gasteiger partial charge in [-0.2, -0.15) is 0 Å². The number of hydrogen-bond donors (Lipinski definition) is 2. The van der Waals surface area contributed by atoms with E-state index in [0.29, 0.717) is 12.2 Å². The standard InChI is InChI=1S/C11H16N4O/c1-7-2-4-14-11(9(7)12)15-5-3-8(6-15)10(13)16/h2,4,8H,3,5-6,12H2,1H3,(H2,13,16). The highest BCUT2D eigenvalue weighted by Gasteiger charge is 2.28. The van der Waals surface area contributed by atoms with E-state index in [9.17, 15) is 4.79 Å². The Kier molecular flexibility index (Phi) is 2.68. The van der Waals surface area contributed by atoms with Crippen LogP contribution in [0.1, 0.15) is 12.0 Å². The van der Waals surface area contributed by atoms with Crippen LogP contribution in [0.25, 0.3) is 0 Å². The normalized spacial score (nSPS) is 20.1. The minimum absolute atomic E-state index is 0.0817. The van der Waals surface area contributed by atoms with Crippen LogP contribution in [0.15, 0.2) is 12.3 Å². The monoisotopic (exact) mass is 220 g/mol. The highest BCUT2D eigenvalue weighted by Crippen LogP contribution is 2.28. The average molecular weight is 220 g/mol. The summed E-state index contributed by atoms with van der Waals surface area (Å²) in [4.78, 5) is 17.4. The van der Waals surface area contributed by atoms with Gasteiger partial charge in [0.05, 0.1) is 11.6 Å². The van der Waals surface area contributed by atoms with Crippen LogP contribution < -0.4 is 16.4 Å². The number of rotatable bonds is 2. The van der Waals surface area contributed by atoms with E-state index in [0.717, 1.165) is 24.3 Å². The molecule has 5 nitrogen and oxygen atoms in total. The molecule has 1 aromatic rings. The molecule has 1 unspecified atom stereocenters. The van der Waals surface area contributed by atoms with E-state index < -0.39 is 0 Å². The quantitative estimate of drug-likeness (QED) is 0.749. The van der Waals surface area contributed by atoms with Gasteiger partial charge in [0.15, 0.2) is 5.82 Å². The van der Waals surface area contributed by atoms with Crippen LogP contribution in [0.5, 0.6) is 0 Å². The first-order valence-electron chi connectivity index (χ1n) is 5.35. The summed E-state index contributed by atoms with van der Waals surface area (Å²) in [5.41, 5.74) is 12.9. The summed E-state index contributed by atoms with van der Waals surface area (Å²) in [5.74, 6) is 0.444. The second-order valence-electron chi connectivity index (χ2n) is 4.20. The van der Waals surface area contributed by atoms with Crippen molar-refractivity contribution in [2.24, 2.45) is 11.7 Å². The Hall–Kier alpha value is -1.78. The molecule has 1 saturated heterocycles. The third-order valence-corrected chi connectivity index (χ3v) is 3.08. The van der Waals surface area contributed by atoms with Crippen LogP contribution in [0.3, 0.4) is 0 Å². The van der Waals surface area contributed by atoms with Gasteiger partial charge in [-0.25, -0.2) is 4.98 Å². The average Bonchev–Trinajstić information content (AvgIpc) is 2.71. The van der Waals surface area contributed by atoms with Gasteiger partial charge in [-0.05, 0) is 25.0 Å². The molecule has 0 saturated carbocycles. The number of aryl methyl sites for hydroxylation is 1. The van der Waals surface area contributed by atoms with Crippen LogP contribution in [-0.2, 0) is 4.79 Å². The Bertz CT molecular complexity index is 418. The van der Waals surface area contributed by atoms with Gasteiger partial charge >= 0.3 is 0 Å². The van der Waals surface area contributed by atoms with Crippen molar-refractivity contribution in [2.45, 2.75) is 13.3 Å². The molecule has 5 heteroatoms. The number of carbonyl (C=O) groups excluding carboxylic acids is 1. The molecule has 1 amide bonds. The molecular formula is C11H16N4O. The summed E-state index contributed by atoms with van der Waals surface area (Å²) >= 11 is 0. The number of carbonyl (C=O) groups is 1. The number of pyridine rings is 1. The van der Waals surface area contributed by atoms with Gasteiger partial charge in [0.2, 0.25) is 5.91 Å². The summed E-state index contributed by atoms with van der Waals surface area (Å²) in [7, 11) is 0. The highest BCUT2D eigenvalue weighted by atomic mass is 16.1. The Morgan fingerprint density at radius 2 is 2.38 bits per heavy atom. The molecule has 86 valence electrons. The van der Waals surface area contributed by atoms with Crippen molar-refractivity contribution in [3.05, 3.63) is 17.8 Å². The fourth-order valence-electron chi connectivity index (χ4n) is 1.99. The molecule has 16 heavy (non-hydrogen) atoms. The van der Waals surface area contributed by atoms with Gasteiger partial charge in [-0.15, -0.1) is 0 Å². The van der Waals surface area contributed by atoms with E-state index >= 15 is 0 Å². The third-order valence-electron chi connectivity index (χ3n) is 3.08. The van der Waals surface area contributed by atoms with Gasteiger partial charge in [-0.1, -0.05) is 0 Å². The van der Waals surface area contributed by atoms with Crippen molar-refractivity contribution < 1.29 is 4.79 Å². The molecule has 1 aromatic heterocycles.